The number of pyridine rings is 1. The summed E-state index contributed by atoms with van der Waals surface area (Å²) in [6, 6.07) is 12.7. The van der Waals surface area contributed by atoms with Crippen molar-refractivity contribution in [3.63, 3.8) is 0 Å². The third-order valence-electron chi connectivity index (χ3n) is 7.34. The number of piperidine rings is 1. The molecule has 2 aliphatic rings. The molecular formula is C28H29FN6O. The Bertz CT molecular complexity index is 1440. The lowest BCUT2D eigenvalue weighted by molar-refractivity contribution is 0.0968. The first kappa shape index (κ1) is 22.8. The Morgan fingerprint density at radius 1 is 1.14 bits per heavy atom. The first-order chi connectivity index (χ1) is 17.6. The molecule has 0 bridgehead atoms. The maximum atomic E-state index is 15.6. The van der Waals surface area contributed by atoms with E-state index in [0.29, 0.717) is 24.5 Å². The number of anilines is 1. The number of H-pyrrole nitrogens is 1. The lowest BCUT2D eigenvalue weighted by Gasteiger charge is -2.35. The normalized spacial score (nSPS) is 17.7. The van der Waals surface area contributed by atoms with Crippen LogP contribution in [-0.4, -0.2) is 46.8 Å². The second-order valence-corrected chi connectivity index (χ2v) is 9.63. The molecule has 1 fully saturated rings. The van der Waals surface area contributed by atoms with Gasteiger partial charge >= 0.3 is 0 Å². The Balaban J connectivity index is 1.42. The van der Waals surface area contributed by atoms with Gasteiger partial charge in [-0.3, -0.25) is 14.8 Å². The van der Waals surface area contributed by atoms with Crippen LogP contribution in [-0.2, 0) is 13.0 Å². The van der Waals surface area contributed by atoms with Gasteiger partial charge in [-0.1, -0.05) is 24.3 Å². The van der Waals surface area contributed by atoms with E-state index in [1.165, 1.54) is 6.07 Å². The first-order valence-electron chi connectivity index (χ1n) is 12.6. The van der Waals surface area contributed by atoms with E-state index in [4.69, 9.17) is 0 Å². The predicted octanol–water partition coefficient (Wildman–Crippen LogP) is 4.12. The van der Waals surface area contributed by atoms with Crippen molar-refractivity contribution in [3.8, 4) is 11.3 Å². The van der Waals surface area contributed by atoms with Crippen LogP contribution in [0.3, 0.4) is 0 Å². The molecule has 3 N–H and O–H groups in total. The maximum Gasteiger partial charge on any atom is 0.262 e. The summed E-state index contributed by atoms with van der Waals surface area (Å²) < 4.78 is 15.6. The van der Waals surface area contributed by atoms with Crippen molar-refractivity contribution in [3.05, 3.63) is 76.9 Å². The highest BCUT2D eigenvalue weighted by Crippen LogP contribution is 2.33. The maximum absolute atomic E-state index is 15.6. The first-order valence-corrected chi connectivity index (χ1v) is 12.6. The van der Waals surface area contributed by atoms with Crippen molar-refractivity contribution in [2.24, 2.45) is 0 Å². The lowest BCUT2D eigenvalue weighted by Crippen LogP contribution is -2.49. The van der Waals surface area contributed by atoms with Gasteiger partial charge in [-0.05, 0) is 55.5 Å². The van der Waals surface area contributed by atoms with Gasteiger partial charge in [-0.2, -0.15) is 5.10 Å². The number of fused-ring (bicyclic) bond motifs is 2. The number of benzene rings is 2. The fraction of sp³-hybridized carbons (Fsp3) is 0.321. The van der Waals surface area contributed by atoms with Gasteiger partial charge in [-0.15, -0.1) is 0 Å². The van der Waals surface area contributed by atoms with E-state index in [9.17, 15) is 4.79 Å². The van der Waals surface area contributed by atoms with Crippen molar-refractivity contribution in [1.82, 2.24) is 25.8 Å². The number of aromatic amines is 1. The SMILES string of the molecule is Cc1cccc2ccnc(N(C(=O)c3ccc(-c4n[nH]c5c4CNCC5)cc3F)[C@@H]3CCCNC3)c12. The number of nitrogens with one attached hydrogen (secondary N) is 3. The summed E-state index contributed by atoms with van der Waals surface area (Å²) in [4.78, 5) is 20.4. The fourth-order valence-electron chi connectivity index (χ4n) is 5.49. The van der Waals surface area contributed by atoms with Crippen molar-refractivity contribution in [1.29, 1.82) is 0 Å². The van der Waals surface area contributed by atoms with E-state index in [0.717, 1.165) is 65.6 Å². The molecule has 2 aliphatic heterocycles. The van der Waals surface area contributed by atoms with Gasteiger partial charge in [0.1, 0.15) is 11.6 Å². The summed E-state index contributed by atoms with van der Waals surface area (Å²) in [6.45, 7) is 5.15. The second kappa shape index (κ2) is 9.44. The molecule has 0 aliphatic carbocycles. The zero-order chi connectivity index (χ0) is 24.6. The smallest absolute Gasteiger partial charge is 0.262 e. The number of nitrogens with zero attached hydrogens (tertiary/aromatic N) is 3. The Kier molecular flexibility index (Phi) is 5.99. The average molecular weight is 485 g/mol. The number of hydrogen-bond acceptors (Lipinski definition) is 5. The summed E-state index contributed by atoms with van der Waals surface area (Å²) in [5.41, 5.74) is 4.61. The Morgan fingerprint density at radius 3 is 2.89 bits per heavy atom. The molecule has 0 radical (unpaired) electrons. The van der Waals surface area contributed by atoms with Crippen LogP contribution in [0.2, 0.25) is 0 Å². The van der Waals surface area contributed by atoms with Crippen LogP contribution < -0.4 is 15.5 Å². The standard InChI is InChI=1S/C28H29FN6O/c1-17-4-2-5-18-9-13-32-27(25(17)18)35(20-6-3-11-30-15-20)28(36)21-8-7-19(14-23(21)29)26-22-16-31-12-10-24(22)33-34-26/h2,4-5,7-9,13-14,20,30-31H,3,6,10-12,15-16H2,1H3,(H,33,34)/t20-/m1/s1. The molecule has 1 amide bonds. The topological polar surface area (TPSA) is 85.9 Å². The van der Waals surface area contributed by atoms with Crippen LogP contribution in [0.15, 0.2) is 48.7 Å². The van der Waals surface area contributed by atoms with Crippen LogP contribution >= 0.6 is 0 Å². The minimum atomic E-state index is -0.552. The molecule has 0 saturated carbocycles. The van der Waals surface area contributed by atoms with Gasteiger partial charge in [0.05, 0.1) is 17.3 Å². The summed E-state index contributed by atoms with van der Waals surface area (Å²) in [7, 11) is 0. The van der Waals surface area contributed by atoms with Gasteiger partial charge in [0, 0.05) is 54.5 Å². The number of aromatic nitrogens is 3. The summed E-state index contributed by atoms with van der Waals surface area (Å²) in [6.07, 6.45) is 4.36. The number of halogens is 1. The van der Waals surface area contributed by atoms with E-state index in [2.05, 4.69) is 25.8 Å². The second-order valence-electron chi connectivity index (χ2n) is 9.63. The Morgan fingerprint density at radius 2 is 2.06 bits per heavy atom. The zero-order valence-corrected chi connectivity index (χ0v) is 20.3. The molecule has 7 nitrogen and oxygen atoms in total. The Labute approximate surface area is 209 Å². The minimum absolute atomic E-state index is 0.0410. The predicted molar refractivity (Wildman–Crippen MR) is 139 cm³/mol. The van der Waals surface area contributed by atoms with Gasteiger partial charge in [-0.25, -0.2) is 9.37 Å². The third-order valence-corrected chi connectivity index (χ3v) is 7.34. The molecule has 36 heavy (non-hydrogen) atoms. The summed E-state index contributed by atoms with van der Waals surface area (Å²) >= 11 is 0. The van der Waals surface area contributed by atoms with Crippen molar-refractivity contribution in [2.75, 3.05) is 24.5 Å². The molecule has 4 heterocycles. The minimum Gasteiger partial charge on any atom is -0.315 e. The number of carbonyl (C=O) groups is 1. The van der Waals surface area contributed by atoms with E-state index >= 15 is 4.39 Å². The number of aryl methyl sites for hydroxylation is 1. The quantitative estimate of drug-likeness (QED) is 0.406. The third kappa shape index (κ3) is 3.96. The summed E-state index contributed by atoms with van der Waals surface area (Å²) in [5.74, 6) is -0.342. The number of hydrogen-bond donors (Lipinski definition) is 3. The molecule has 184 valence electrons. The molecule has 0 unspecified atom stereocenters. The van der Waals surface area contributed by atoms with E-state index < -0.39 is 5.82 Å². The van der Waals surface area contributed by atoms with Crippen LogP contribution in [0, 0.1) is 12.7 Å². The van der Waals surface area contributed by atoms with Crippen LogP contribution in [0.5, 0.6) is 0 Å². The van der Waals surface area contributed by atoms with Gasteiger partial charge < -0.3 is 10.6 Å². The number of carbonyl (C=O) groups excluding carboxylic acids is 1. The molecular weight excluding hydrogens is 455 g/mol. The van der Waals surface area contributed by atoms with Crippen LogP contribution in [0.25, 0.3) is 22.0 Å². The summed E-state index contributed by atoms with van der Waals surface area (Å²) in [5, 5.41) is 16.2. The molecule has 6 rings (SSSR count). The number of amides is 1. The van der Waals surface area contributed by atoms with Gasteiger partial charge in [0.2, 0.25) is 0 Å². The molecule has 0 spiro atoms. The van der Waals surface area contributed by atoms with Crippen molar-refractivity contribution >= 4 is 22.5 Å². The molecule has 1 saturated heterocycles. The van der Waals surface area contributed by atoms with Gasteiger partial charge in [0.15, 0.2) is 0 Å². The van der Waals surface area contributed by atoms with Crippen molar-refractivity contribution < 1.29 is 9.18 Å². The van der Waals surface area contributed by atoms with Crippen LogP contribution in [0.1, 0.15) is 40.0 Å². The molecule has 4 aromatic rings. The fourth-order valence-corrected chi connectivity index (χ4v) is 5.49. The molecule has 1 atom stereocenters. The van der Waals surface area contributed by atoms with Crippen LogP contribution in [0.4, 0.5) is 10.2 Å². The van der Waals surface area contributed by atoms with E-state index in [-0.39, 0.29) is 17.5 Å². The molecule has 2 aromatic heterocycles. The average Bonchev–Trinajstić information content (AvgIpc) is 3.34. The Hall–Kier alpha value is -3.62. The molecule has 8 heteroatoms. The lowest BCUT2D eigenvalue weighted by atomic mass is 9.99. The zero-order valence-electron chi connectivity index (χ0n) is 20.3. The highest BCUT2D eigenvalue weighted by molar-refractivity contribution is 6.11. The monoisotopic (exact) mass is 484 g/mol. The largest absolute Gasteiger partial charge is 0.315 e. The van der Waals surface area contributed by atoms with E-state index in [1.807, 2.05) is 31.2 Å². The van der Waals surface area contributed by atoms with Gasteiger partial charge in [0.25, 0.3) is 5.91 Å². The van der Waals surface area contributed by atoms with Crippen molar-refractivity contribution in [2.45, 2.75) is 38.8 Å². The molecule has 2 aromatic carbocycles. The highest BCUT2D eigenvalue weighted by Gasteiger charge is 2.32. The van der Waals surface area contributed by atoms with E-state index in [1.54, 1.807) is 23.2 Å². The highest BCUT2D eigenvalue weighted by atomic mass is 19.1. The number of rotatable bonds is 4.